The maximum absolute atomic E-state index is 14.3. The molecule has 0 saturated heterocycles. The second-order valence-corrected chi connectivity index (χ2v) is 9.14. The summed E-state index contributed by atoms with van der Waals surface area (Å²) in [6, 6.07) is 13.3. The predicted octanol–water partition coefficient (Wildman–Crippen LogP) is 5.19. The van der Waals surface area contributed by atoms with Gasteiger partial charge in [-0.2, -0.15) is 0 Å². The number of nitrogens with one attached hydrogen (secondary N) is 1. The molecule has 1 atom stereocenters. The molecule has 1 saturated carbocycles. The van der Waals surface area contributed by atoms with Crippen molar-refractivity contribution in [2.75, 3.05) is 6.61 Å². The van der Waals surface area contributed by atoms with E-state index >= 15 is 0 Å². The van der Waals surface area contributed by atoms with Crippen molar-refractivity contribution < 1.29 is 18.7 Å². The van der Waals surface area contributed by atoms with Crippen LogP contribution in [0.25, 0.3) is 0 Å². The summed E-state index contributed by atoms with van der Waals surface area (Å²) in [7, 11) is 0. The lowest BCUT2D eigenvalue weighted by molar-refractivity contribution is -0.142. The first-order valence-corrected chi connectivity index (χ1v) is 11.9. The topological polar surface area (TPSA) is 58.6 Å². The number of nitrogens with zero attached hydrogens (tertiary/aromatic N) is 1. The third-order valence-corrected chi connectivity index (χ3v) is 6.33. The number of rotatable bonds is 9. The molecule has 0 radical (unpaired) electrons. The van der Waals surface area contributed by atoms with Crippen LogP contribution in [0.4, 0.5) is 4.39 Å². The van der Waals surface area contributed by atoms with Crippen LogP contribution in [0.5, 0.6) is 5.75 Å². The Morgan fingerprint density at radius 2 is 1.70 bits per heavy atom. The molecule has 33 heavy (non-hydrogen) atoms. The van der Waals surface area contributed by atoms with Crippen LogP contribution in [0, 0.1) is 5.82 Å². The molecule has 1 fully saturated rings. The zero-order valence-electron chi connectivity index (χ0n) is 19.9. The summed E-state index contributed by atoms with van der Waals surface area (Å²) in [5.74, 6) is 0.00381. The summed E-state index contributed by atoms with van der Waals surface area (Å²) in [5, 5.41) is 3.08. The number of hydrogen-bond donors (Lipinski definition) is 1. The zero-order chi connectivity index (χ0) is 23.8. The smallest absolute Gasteiger partial charge is 0.261 e. The standard InChI is InChI=1S/C27H35FN2O3/c1-19(2)21-13-15-24(16-14-21)33-18-26(31)30(17-22-9-7-8-12-25(22)28)20(3)27(32)29-23-10-5-4-6-11-23/h7-9,12-16,19-20,23H,4-6,10-11,17-18H2,1-3H3,(H,29,32)/t20-/m0/s1. The van der Waals surface area contributed by atoms with Crippen molar-refractivity contribution in [3.63, 3.8) is 0 Å². The molecule has 178 valence electrons. The molecule has 0 aliphatic heterocycles. The molecule has 0 bridgehead atoms. The maximum Gasteiger partial charge on any atom is 0.261 e. The van der Waals surface area contributed by atoms with Crippen molar-refractivity contribution in [2.45, 2.75) is 77.4 Å². The van der Waals surface area contributed by atoms with Crippen LogP contribution in [0.2, 0.25) is 0 Å². The van der Waals surface area contributed by atoms with Crippen molar-refractivity contribution in [1.82, 2.24) is 10.2 Å². The normalized spacial score (nSPS) is 15.2. The van der Waals surface area contributed by atoms with E-state index < -0.39 is 11.9 Å². The number of carbonyl (C=O) groups excluding carboxylic acids is 2. The minimum absolute atomic E-state index is 0.000404. The molecule has 0 spiro atoms. The van der Waals surface area contributed by atoms with Crippen molar-refractivity contribution in [3.8, 4) is 5.75 Å². The van der Waals surface area contributed by atoms with E-state index in [1.54, 1.807) is 25.1 Å². The van der Waals surface area contributed by atoms with Crippen LogP contribution in [-0.4, -0.2) is 35.4 Å². The highest BCUT2D eigenvalue weighted by atomic mass is 19.1. The fraction of sp³-hybridized carbons (Fsp3) is 0.481. The number of hydrogen-bond acceptors (Lipinski definition) is 3. The average Bonchev–Trinajstić information content (AvgIpc) is 2.82. The molecule has 1 aliphatic carbocycles. The Hall–Kier alpha value is -2.89. The van der Waals surface area contributed by atoms with E-state index in [-0.39, 0.29) is 31.0 Å². The molecular formula is C27H35FN2O3. The van der Waals surface area contributed by atoms with Gasteiger partial charge in [-0.25, -0.2) is 4.39 Å². The molecule has 3 rings (SSSR count). The summed E-state index contributed by atoms with van der Waals surface area (Å²) in [6.07, 6.45) is 5.29. The molecule has 0 unspecified atom stereocenters. The third-order valence-electron chi connectivity index (χ3n) is 6.33. The number of ether oxygens (including phenoxy) is 1. The van der Waals surface area contributed by atoms with Gasteiger partial charge >= 0.3 is 0 Å². The van der Waals surface area contributed by atoms with E-state index in [1.165, 1.54) is 23.0 Å². The van der Waals surface area contributed by atoms with Crippen LogP contribution in [0.3, 0.4) is 0 Å². The van der Waals surface area contributed by atoms with Gasteiger partial charge in [-0.05, 0) is 49.4 Å². The largest absolute Gasteiger partial charge is 0.484 e. The van der Waals surface area contributed by atoms with E-state index in [4.69, 9.17) is 4.74 Å². The minimum Gasteiger partial charge on any atom is -0.484 e. The van der Waals surface area contributed by atoms with E-state index in [0.29, 0.717) is 17.2 Å². The van der Waals surface area contributed by atoms with Crippen molar-refractivity contribution in [1.29, 1.82) is 0 Å². The van der Waals surface area contributed by atoms with Crippen LogP contribution < -0.4 is 10.1 Å². The number of halogens is 1. The lowest BCUT2D eigenvalue weighted by Gasteiger charge is -2.31. The molecule has 1 aliphatic rings. The van der Waals surface area contributed by atoms with E-state index in [1.807, 2.05) is 24.3 Å². The van der Waals surface area contributed by atoms with Crippen LogP contribution in [-0.2, 0) is 16.1 Å². The monoisotopic (exact) mass is 454 g/mol. The molecule has 2 amide bonds. The highest BCUT2D eigenvalue weighted by molar-refractivity contribution is 5.88. The third kappa shape index (κ3) is 7.04. The second-order valence-electron chi connectivity index (χ2n) is 9.14. The predicted molar refractivity (Wildman–Crippen MR) is 127 cm³/mol. The zero-order valence-corrected chi connectivity index (χ0v) is 19.9. The molecular weight excluding hydrogens is 419 g/mol. The highest BCUT2D eigenvalue weighted by Gasteiger charge is 2.29. The van der Waals surface area contributed by atoms with Gasteiger partial charge in [0.05, 0.1) is 0 Å². The summed E-state index contributed by atoms with van der Waals surface area (Å²) in [5.41, 5.74) is 1.55. The van der Waals surface area contributed by atoms with Crippen LogP contribution in [0.1, 0.15) is 69.9 Å². The SMILES string of the molecule is CC(C)c1ccc(OCC(=O)N(Cc2ccccc2F)[C@@H](C)C(=O)NC2CCCCC2)cc1. The summed E-state index contributed by atoms with van der Waals surface area (Å²) < 4.78 is 20.0. The first-order valence-electron chi connectivity index (χ1n) is 11.9. The van der Waals surface area contributed by atoms with Crippen LogP contribution in [0.15, 0.2) is 48.5 Å². The highest BCUT2D eigenvalue weighted by Crippen LogP contribution is 2.20. The second kappa shape index (κ2) is 11.8. The first-order chi connectivity index (χ1) is 15.8. The van der Waals surface area contributed by atoms with Gasteiger partial charge in [0.25, 0.3) is 5.91 Å². The Balaban J connectivity index is 1.70. The molecule has 1 N–H and O–H groups in total. The Kier molecular flexibility index (Phi) is 8.87. The number of benzene rings is 2. The van der Waals surface area contributed by atoms with Gasteiger partial charge in [-0.1, -0.05) is 63.4 Å². The molecule has 0 aromatic heterocycles. The first kappa shape index (κ1) is 24.7. The van der Waals surface area contributed by atoms with Gasteiger partial charge in [-0.15, -0.1) is 0 Å². The summed E-state index contributed by atoms with van der Waals surface area (Å²) in [4.78, 5) is 27.5. The molecule has 5 nitrogen and oxygen atoms in total. The van der Waals surface area contributed by atoms with E-state index in [9.17, 15) is 14.0 Å². The maximum atomic E-state index is 14.3. The molecule has 6 heteroatoms. The van der Waals surface area contributed by atoms with Crippen LogP contribution >= 0.6 is 0 Å². The quantitative estimate of drug-likeness (QED) is 0.567. The van der Waals surface area contributed by atoms with Crippen molar-refractivity contribution in [2.24, 2.45) is 0 Å². The van der Waals surface area contributed by atoms with Gasteiger partial charge in [-0.3, -0.25) is 9.59 Å². The van der Waals surface area contributed by atoms with Gasteiger partial charge in [0.1, 0.15) is 17.6 Å². The Morgan fingerprint density at radius 3 is 2.33 bits per heavy atom. The van der Waals surface area contributed by atoms with E-state index in [2.05, 4.69) is 19.2 Å². The Labute approximate surface area is 196 Å². The lowest BCUT2D eigenvalue weighted by atomic mass is 9.95. The fourth-order valence-corrected chi connectivity index (χ4v) is 4.14. The molecule has 2 aromatic carbocycles. The molecule has 0 heterocycles. The number of amides is 2. The van der Waals surface area contributed by atoms with Gasteiger partial charge in [0.15, 0.2) is 6.61 Å². The van der Waals surface area contributed by atoms with Gasteiger partial charge in [0.2, 0.25) is 5.91 Å². The number of carbonyl (C=O) groups is 2. The van der Waals surface area contributed by atoms with Gasteiger partial charge in [0, 0.05) is 18.2 Å². The van der Waals surface area contributed by atoms with Gasteiger partial charge < -0.3 is 15.0 Å². The summed E-state index contributed by atoms with van der Waals surface area (Å²) >= 11 is 0. The van der Waals surface area contributed by atoms with Crippen molar-refractivity contribution in [3.05, 3.63) is 65.5 Å². The van der Waals surface area contributed by atoms with Crippen molar-refractivity contribution >= 4 is 11.8 Å². The fourth-order valence-electron chi connectivity index (χ4n) is 4.14. The summed E-state index contributed by atoms with van der Waals surface area (Å²) in [6.45, 7) is 5.69. The Bertz CT molecular complexity index is 923. The average molecular weight is 455 g/mol. The Morgan fingerprint density at radius 1 is 1.03 bits per heavy atom. The lowest BCUT2D eigenvalue weighted by Crippen LogP contribution is -2.51. The minimum atomic E-state index is -0.744. The van der Waals surface area contributed by atoms with E-state index in [0.717, 1.165) is 25.7 Å². The molecule has 2 aromatic rings.